The third-order valence-corrected chi connectivity index (χ3v) is 8.17. The van der Waals surface area contributed by atoms with Crippen molar-refractivity contribution in [2.24, 2.45) is 0 Å². The van der Waals surface area contributed by atoms with Crippen LogP contribution in [-0.4, -0.2) is 58.1 Å². The first-order valence-corrected chi connectivity index (χ1v) is 12.9. The molecule has 0 bridgehead atoms. The molecular formula is C24H28N2O6S. The standard InChI is InChI=1S/C24H28N2O6S/c27-23-24(31-16-7-17-32-24)21-18-20(33(28,29)25-12-4-5-13-25)10-11-22(21)26(23)14-6-15-30-19-8-2-1-3-9-19/h1-3,8-11,18H,4-7,12-17H2. The fraction of sp³-hybridized carbons (Fsp3) is 0.458. The molecule has 2 aromatic rings. The molecule has 33 heavy (non-hydrogen) atoms. The van der Waals surface area contributed by atoms with Crippen LogP contribution < -0.4 is 9.64 Å². The number of amides is 1. The Bertz CT molecular complexity index is 1110. The molecule has 2 aromatic carbocycles. The maximum atomic E-state index is 13.5. The number of hydrogen-bond acceptors (Lipinski definition) is 6. The van der Waals surface area contributed by atoms with E-state index in [1.54, 1.807) is 23.1 Å². The van der Waals surface area contributed by atoms with E-state index in [1.807, 2.05) is 30.3 Å². The summed E-state index contributed by atoms with van der Waals surface area (Å²) in [4.78, 5) is 15.3. The SMILES string of the molecule is O=C1N(CCCOc2ccccc2)c2ccc(S(=O)(=O)N3CCCC3)cc2C12OCCCO2. The van der Waals surface area contributed by atoms with E-state index in [-0.39, 0.29) is 10.8 Å². The normalized spacial score (nSPS) is 20.4. The third kappa shape index (κ3) is 4.03. The van der Waals surface area contributed by atoms with Gasteiger partial charge in [-0.1, -0.05) is 18.2 Å². The van der Waals surface area contributed by atoms with Gasteiger partial charge in [-0.25, -0.2) is 8.42 Å². The number of fused-ring (bicyclic) bond motifs is 2. The van der Waals surface area contributed by atoms with Crippen LogP contribution in [0.1, 0.15) is 31.2 Å². The predicted octanol–water partition coefficient (Wildman–Crippen LogP) is 2.88. The largest absolute Gasteiger partial charge is 0.494 e. The molecule has 176 valence electrons. The molecule has 2 fully saturated rings. The Kier molecular flexibility index (Phi) is 6.13. The van der Waals surface area contributed by atoms with Gasteiger partial charge >= 0.3 is 0 Å². The number of carbonyl (C=O) groups excluding carboxylic acids is 1. The molecular weight excluding hydrogens is 444 g/mol. The van der Waals surface area contributed by atoms with Crippen LogP contribution in [0.4, 0.5) is 5.69 Å². The van der Waals surface area contributed by atoms with E-state index in [4.69, 9.17) is 14.2 Å². The minimum Gasteiger partial charge on any atom is -0.494 e. The van der Waals surface area contributed by atoms with E-state index in [0.29, 0.717) is 63.5 Å². The fourth-order valence-electron chi connectivity index (χ4n) is 4.62. The zero-order valence-electron chi connectivity index (χ0n) is 18.4. The number of sulfonamides is 1. The number of benzene rings is 2. The van der Waals surface area contributed by atoms with E-state index in [0.717, 1.165) is 18.6 Å². The van der Waals surface area contributed by atoms with Crippen molar-refractivity contribution in [1.29, 1.82) is 0 Å². The quantitative estimate of drug-likeness (QED) is 0.576. The molecule has 3 aliphatic heterocycles. The van der Waals surface area contributed by atoms with Gasteiger partial charge in [0.1, 0.15) is 5.75 Å². The lowest BCUT2D eigenvalue weighted by Crippen LogP contribution is -2.47. The minimum absolute atomic E-state index is 0.169. The van der Waals surface area contributed by atoms with Crippen LogP contribution in [0.25, 0.3) is 0 Å². The molecule has 0 radical (unpaired) electrons. The number of rotatable bonds is 7. The van der Waals surface area contributed by atoms with Gasteiger partial charge in [0.05, 0.1) is 30.4 Å². The van der Waals surface area contributed by atoms with E-state index < -0.39 is 15.8 Å². The lowest BCUT2D eigenvalue weighted by molar-refractivity contribution is -0.256. The number of hydrogen-bond donors (Lipinski definition) is 0. The van der Waals surface area contributed by atoms with Gasteiger partial charge in [0.15, 0.2) is 0 Å². The summed E-state index contributed by atoms with van der Waals surface area (Å²) in [5.41, 5.74) is 1.10. The van der Waals surface area contributed by atoms with E-state index in [2.05, 4.69) is 0 Å². The molecule has 1 amide bonds. The highest BCUT2D eigenvalue weighted by atomic mass is 32.2. The second-order valence-corrected chi connectivity index (χ2v) is 10.4. The molecule has 2 saturated heterocycles. The van der Waals surface area contributed by atoms with Gasteiger partial charge in [-0.3, -0.25) is 4.79 Å². The summed E-state index contributed by atoms with van der Waals surface area (Å²) >= 11 is 0. The maximum absolute atomic E-state index is 13.5. The molecule has 0 N–H and O–H groups in total. The summed E-state index contributed by atoms with van der Waals surface area (Å²) in [6.45, 7) is 2.64. The van der Waals surface area contributed by atoms with Crippen molar-refractivity contribution < 1.29 is 27.4 Å². The van der Waals surface area contributed by atoms with E-state index in [1.165, 1.54) is 4.31 Å². The fourth-order valence-corrected chi connectivity index (χ4v) is 6.16. The van der Waals surface area contributed by atoms with Crippen molar-refractivity contribution in [3.05, 3.63) is 54.1 Å². The van der Waals surface area contributed by atoms with Crippen molar-refractivity contribution >= 4 is 21.6 Å². The van der Waals surface area contributed by atoms with Crippen molar-refractivity contribution in [2.75, 3.05) is 44.4 Å². The van der Waals surface area contributed by atoms with Gasteiger partial charge in [0, 0.05) is 25.2 Å². The summed E-state index contributed by atoms with van der Waals surface area (Å²) in [6, 6.07) is 14.4. The number of nitrogens with zero attached hydrogens (tertiary/aromatic N) is 2. The Hall–Kier alpha value is -2.46. The zero-order valence-corrected chi connectivity index (χ0v) is 19.3. The van der Waals surface area contributed by atoms with E-state index >= 15 is 0 Å². The van der Waals surface area contributed by atoms with Gasteiger partial charge in [0.25, 0.3) is 11.7 Å². The van der Waals surface area contributed by atoms with Crippen LogP contribution in [0.2, 0.25) is 0 Å². The Morgan fingerprint density at radius 1 is 0.970 bits per heavy atom. The Morgan fingerprint density at radius 3 is 2.42 bits per heavy atom. The van der Waals surface area contributed by atoms with E-state index in [9.17, 15) is 13.2 Å². The average molecular weight is 473 g/mol. The lowest BCUT2D eigenvalue weighted by Gasteiger charge is -2.32. The predicted molar refractivity (Wildman–Crippen MR) is 122 cm³/mol. The Labute approximate surface area is 194 Å². The number of para-hydroxylation sites is 1. The highest BCUT2D eigenvalue weighted by Gasteiger charge is 2.55. The first-order valence-electron chi connectivity index (χ1n) is 11.4. The van der Waals surface area contributed by atoms with Gasteiger partial charge in [-0.15, -0.1) is 0 Å². The molecule has 3 aliphatic rings. The molecule has 5 rings (SSSR count). The van der Waals surface area contributed by atoms with Crippen molar-refractivity contribution in [3.8, 4) is 5.75 Å². The average Bonchev–Trinajstić information content (AvgIpc) is 3.46. The first-order chi connectivity index (χ1) is 16.0. The van der Waals surface area contributed by atoms with Crippen molar-refractivity contribution in [2.45, 2.75) is 36.4 Å². The Morgan fingerprint density at radius 2 is 1.70 bits per heavy atom. The molecule has 3 heterocycles. The zero-order chi connectivity index (χ0) is 22.9. The van der Waals surface area contributed by atoms with Crippen molar-refractivity contribution in [3.63, 3.8) is 0 Å². The first kappa shape index (κ1) is 22.3. The maximum Gasteiger partial charge on any atom is 0.292 e. The smallest absolute Gasteiger partial charge is 0.292 e. The van der Waals surface area contributed by atoms with Gasteiger partial charge in [-0.2, -0.15) is 4.31 Å². The van der Waals surface area contributed by atoms with Crippen LogP contribution in [0.5, 0.6) is 5.75 Å². The minimum atomic E-state index is -3.63. The summed E-state index contributed by atoms with van der Waals surface area (Å²) in [5, 5.41) is 0. The number of anilines is 1. The van der Waals surface area contributed by atoms with Gasteiger partial charge < -0.3 is 19.1 Å². The topological polar surface area (TPSA) is 85.4 Å². The van der Waals surface area contributed by atoms with Crippen LogP contribution >= 0.6 is 0 Å². The van der Waals surface area contributed by atoms with Gasteiger partial charge in [0.2, 0.25) is 10.0 Å². The molecule has 0 atom stereocenters. The number of ether oxygens (including phenoxy) is 3. The van der Waals surface area contributed by atoms with Crippen LogP contribution in [0, 0.1) is 0 Å². The number of carbonyl (C=O) groups is 1. The van der Waals surface area contributed by atoms with Gasteiger partial charge in [-0.05, 0) is 56.0 Å². The summed E-state index contributed by atoms with van der Waals surface area (Å²) < 4.78 is 45.4. The van der Waals surface area contributed by atoms with Crippen molar-refractivity contribution in [1.82, 2.24) is 4.31 Å². The monoisotopic (exact) mass is 472 g/mol. The van der Waals surface area contributed by atoms with Crippen LogP contribution in [0.3, 0.4) is 0 Å². The Balaban J connectivity index is 1.40. The molecule has 0 unspecified atom stereocenters. The molecule has 9 heteroatoms. The molecule has 0 aliphatic carbocycles. The molecule has 0 saturated carbocycles. The highest BCUT2D eigenvalue weighted by molar-refractivity contribution is 7.89. The molecule has 0 aromatic heterocycles. The lowest BCUT2D eigenvalue weighted by atomic mass is 10.1. The molecule has 1 spiro atoms. The third-order valence-electron chi connectivity index (χ3n) is 6.28. The second kappa shape index (κ2) is 9.06. The summed E-state index contributed by atoms with van der Waals surface area (Å²) in [6.07, 6.45) is 3.00. The summed E-state index contributed by atoms with van der Waals surface area (Å²) in [7, 11) is -3.63. The van der Waals surface area contributed by atoms with Crippen LogP contribution in [0.15, 0.2) is 53.4 Å². The highest BCUT2D eigenvalue weighted by Crippen LogP contribution is 2.46. The summed E-state index contributed by atoms with van der Waals surface area (Å²) in [5.74, 6) is -1.12. The van der Waals surface area contributed by atoms with Crippen LogP contribution in [-0.2, 0) is 30.1 Å². The molecule has 8 nitrogen and oxygen atoms in total. The second-order valence-electron chi connectivity index (χ2n) is 8.43.